The lowest BCUT2D eigenvalue weighted by atomic mass is 9.77. The number of fused-ring (bicyclic) bond motifs is 3. The minimum Gasteiger partial charge on any atom is -0.245 e. The monoisotopic (exact) mass is 532 g/mol. The van der Waals surface area contributed by atoms with Crippen LogP contribution >= 0.6 is 31.9 Å². The molecule has 2 heterocycles. The molecule has 2 nitrogen and oxygen atoms in total. The Labute approximate surface area is 187 Å². The largest absolute Gasteiger partial charge is 0.435 e. The number of nitrogens with zero attached hydrogens (tertiary/aromatic N) is 2. The Morgan fingerprint density at radius 2 is 1.30 bits per heavy atom. The van der Waals surface area contributed by atoms with Crippen molar-refractivity contribution in [1.82, 2.24) is 9.78 Å². The zero-order valence-corrected chi connectivity index (χ0v) is 18.5. The van der Waals surface area contributed by atoms with Crippen LogP contribution in [-0.4, -0.2) is 9.78 Å². The summed E-state index contributed by atoms with van der Waals surface area (Å²) in [7, 11) is 0. The first-order valence-corrected chi connectivity index (χ1v) is 10.7. The zero-order valence-electron chi connectivity index (χ0n) is 15.3. The molecule has 7 heteroatoms. The fourth-order valence-corrected chi connectivity index (χ4v) is 4.74. The van der Waals surface area contributed by atoms with E-state index in [2.05, 4.69) is 37.0 Å². The van der Waals surface area contributed by atoms with Gasteiger partial charge in [-0.15, -0.1) is 0 Å². The Morgan fingerprint density at radius 1 is 0.767 bits per heavy atom. The van der Waals surface area contributed by atoms with Crippen molar-refractivity contribution >= 4 is 31.9 Å². The van der Waals surface area contributed by atoms with Crippen molar-refractivity contribution in [3.8, 4) is 11.3 Å². The molecule has 1 aliphatic rings. The lowest BCUT2D eigenvalue weighted by Gasteiger charge is -2.33. The molecular weight excluding hydrogens is 521 g/mol. The summed E-state index contributed by atoms with van der Waals surface area (Å²) in [4.78, 5) is 0. The number of aromatic nitrogens is 2. The van der Waals surface area contributed by atoms with Crippen LogP contribution in [0.1, 0.15) is 22.4 Å². The van der Waals surface area contributed by atoms with Crippen LogP contribution in [0.15, 0.2) is 87.8 Å². The van der Waals surface area contributed by atoms with Gasteiger partial charge in [-0.25, -0.2) is 4.68 Å². The highest BCUT2D eigenvalue weighted by molar-refractivity contribution is 9.10. The average molecular weight is 534 g/mol. The highest BCUT2D eigenvalue weighted by atomic mass is 79.9. The first-order valence-electron chi connectivity index (χ1n) is 9.11. The molecule has 0 radical (unpaired) electrons. The summed E-state index contributed by atoms with van der Waals surface area (Å²) in [5.74, 6) is 0. The lowest BCUT2D eigenvalue weighted by molar-refractivity contribution is -0.141. The Balaban J connectivity index is 1.92. The molecule has 0 unspecified atom stereocenters. The minimum atomic E-state index is -4.53. The Kier molecular flexibility index (Phi) is 4.45. The van der Waals surface area contributed by atoms with E-state index >= 15 is 0 Å². The highest BCUT2D eigenvalue weighted by Crippen LogP contribution is 2.52. The molecular formula is C23H13Br2F3N2. The molecule has 5 rings (SSSR count). The molecule has 1 aliphatic heterocycles. The van der Waals surface area contributed by atoms with Crippen molar-refractivity contribution in [3.05, 3.63) is 110 Å². The van der Waals surface area contributed by atoms with Gasteiger partial charge in [0.1, 0.15) is 5.54 Å². The van der Waals surface area contributed by atoms with Crippen LogP contribution in [0.4, 0.5) is 13.2 Å². The van der Waals surface area contributed by atoms with Crippen molar-refractivity contribution < 1.29 is 13.2 Å². The Bertz CT molecular complexity index is 1200. The second-order valence-electron chi connectivity index (χ2n) is 7.09. The van der Waals surface area contributed by atoms with Gasteiger partial charge in [-0.05, 0) is 47.0 Å². The predicted octanol–water partition coefficient (Wildman–Crippen LogP) is 7.25. The fraction of sp³-hybridized carbons (Fsp3) is 0.0870. The summed E-state index contributed by atoms with van der Waals surface area (Å²) >= 11 is 6.91. The predicted molar refractivity (Wildman–Crippen MR) is 116 cm³/mol. The fourth-order valence-electron chi connectivity index (χ4n) is 4.21. The SMILES string of the molecule is FC(F)(F)c1cc2n(n1)C(c1ccc(Br)cc1)(c1ccc(Br)cc1)c1ccccc1-2. The van der Waals surface area contributed by atoms with Gasteiger partial charge in [-0.3, -0.25) is 0 Å². The Morgan fingerprint density at radius 3 is 1.83 bits per heavy atom. The number of hydrogen-bond acceptors (Lipinski definition) is 1. The number of benzene rings is 3. The van der Waals surface area contributed by atoms with Gasteiger partial charge in [-0.1, -0.05) is 80.4 Å². The highest BCUT2D eigenvalue weighted by Gasteiger charge is 2.49. The van der Waals surface area contributed by atoms with Gasteiger partial charge >= 0.3 is 6.18 Å². The first kappa shape index (κ1) is 19.6. The number of hydrogen-bond donors (Lipinski definition) is 0. The molecule has 30 heavy (non-hydrogen) atoms. The number of alkyl halides is 3. The molecule has 4 aromatic rings. The van der Waals surface area contributed by atoms with E-state index in [0.29, 0.717) is 5.69 Å². The quantitative estimate of drug-likeness (QED) is 0.234. The molecule has 0 bridgehead atoms. The third-order valence-electron chi connectivity index (χ3n) is 5.43. The molecule has 1 aromatic heterocycles. The topological polar surface area (TPSA) is 17.8 Å². The third kappa shape index (κ3) is 2.79. The van der Waals surface area contributed by atoms with Crippen molar-refractivity contribution in [3.63, 3.8) is 0 Å². The van der Waals surface area contributed by atoms with E-state index in [1.54, 1.807) is 0 Å². The van der Waals surface area contributed by atoms with E-state index in [4.69, 9.17) is 0 Å². The normalized spacial score (nSPS) is 14.4. The maximum absolute atomic E-state index is 13.6. The summed E-state index contributed by atoms with van der Waals surface area (Å²) < 4.78 is 44.1. The zero-order chi connectivity index (χ0) is 21.1. The van der Waals surface area contributed by atoms with E-state index in [1.807, 2.05) is 72.8 Å². The van der Waals surface area contributed by atoms with Crippen molar-refractivity contribution in [2.75, 3.05) is 0 Å². The van der Waals surface area contributed by atoms with Crippen LogP contribution in [0.2, 0.25) is 0 Å². The van der Waals surface area contributed by atoms with Crippen molar-refractivity contribution in [2.45, 2.75) is 11.7 Å². The van der Waals surface area contributed by atoms with Crippen molar-refractivity contribution in [2.24, 2.45) is 0 Å². The second kappa shape index (κ2) is 6.82. The van der Waals surface area contributed by atoms with Gasteiger partial charge in [0, 0.05) is 14.5 Å². The van der Waals surface area contributed by atoms with Gasteiger partial charge in [0.25, 0.3) is 0 Å². The van der Waals surface area contributed by atoms with Crippen LogP contribution in [0.25, 0.3) is 11.3 Å². The lowest BCUT2D eigenvalue weighted by Crippen LogP contribution is -2.36. The molecule has 150 valence electrons. The summed E-state index contributed by atoms with van der Waals surface area (Å²) in [5.41, 5.74) is 1.83. The van der Waals surface area contributed by atoms with E-state index in [1.165, 1.54) is 4.68 Å². The molecule has 0 saturated heterocycles. The standard InChI is InChI=1S/C23H13Br2F3N2/c24-16-9-5-14(6-10-16)22(15-7-11-17(25)12-8-15)19-4-2-1-3-18(19)20-13-21(23(26,27)28)29-30(20)22/h1-13H. The maximum Gasteiger partial charge on any atom is 0.435 e. The van der Waals surface area contributed by atoms with E-state index in [-0.39, 0.29) is 0 Å². The van der Waals surface area contributed by atoms with Gasteiger partial charge in [0.05, 0.1) is 5.69 Å². The van der Waals surface area contributed by atoms with E-state index in [0.717, 1.165) is 37.3 Å². The van der Waals surface area contributed by atoms with Crippen LogP contribution < -0.4 is 0 Å². The van der Waals surface area contributed by atoms with E-state index < -0.39 is 17.4 Å². The summed E-state index contributed by atoms with van der Waals surface area (Å²) in [5, 5.41) is 4.10. The van der Waals surface area contributed by atoms with Crippen LogP contribution in [-0.2, 0) is 11.7 Å². The molecule has 0 fully saturated rings. The molecule has 0 atom stereocenters. The molecule has 0 saturated carbocycles. The van der Waals surface area contributed by atoms with Gasteiger partial charge in [0.2, 0.25) is 0 Å². The molecule has 0 N–H and O–H groups in total. The van der Waals surface area contributed by atoms with Gasteiger partial charge in [-0.2, -0.15) is 18.3 Å². The molecule has 0 aliphatic carbocycles. The minimum absolute atomic E-state index is 0.448. The first-order chi connectivity index (χ1) is 14.3. The smallest absolute Gasteiger partial charge is 0.245 e. The van der Waals surface area contributed by atoms with Gasteiger partial charge in [0.15, 0.2) is 5.69 Å². The molecule has 3 aromatic carbocycles. The third-order valence-corrected chi connectivity index (χ3v) is 6.49. The van der Waals surface area contributed by atoms with E-state index in [9.17, 15) is 13.2 Å². The van der Waals surface area contributed by atoms with Crippen LogP contribution in [0.3, 0.4) is 0 Å². The van der Waals surface area contributed by atoms with Crippen LogP contribution in [0, 0.1) is 0 Å². The second-order valence-corrected chi connectivity index (χ2v) is 8.93. The molecule has 0 amide bonds. The maximum atomic E-state index is 13.6. The average Bonchev–Trinajstić information content (AvgIpc) is 3.27. The Hall–Kier alpha value is -2.38. The summed E-state index contributed by atoms with van der Waals surface area (Å²) in [6.07, 6.45) is -4.53. The van der Waals surface area contributed by atoms with Crippen molar-refractivity contribution in [1.29, 1.82) is 0 Å². The number of rotatable bonds is 2. The van der Waals surface area contributed by atoms with Gasteiger partial charge < -0.3 is 0 Å². The molecule has 0 spiro atoms. The summed E-state index contributed by atoms with van der Waals surface area (Å²) in [6, 6.07) is 24.0. The number of halogens is 5. The van der Waals surface area contributed by atoms with Crippen LogP contribution in [0.5, 0.6) is 0 Å². The summed E-state index contributed by atoms with van der Waals surface area (Å²) in [6.45, 7) is 0.